The van der Waals surface area contributed by atoms with Gasteiger partial charge in [-0.2, -0.15) is 0 Å². The fraction of sp³-hybridized carbons (Fsp3) is 0.640. The normalized spacial score (nSPS) is 20.5. The summed E-state index contributed by atoms with van der Waals surface area (Å²) < 4.78 is 2.03. The summed E-state index contributed by atoms with van der Waals surface area (Å²) in [6.45, 7) is 5.63. The van der Waals surface area contributed by atoms with Crippen molar-refractivity contribution < 1.29 is 9.59 Å². The van der Waals surface area contributed by atoms with Crippen molar-refractivity contribution in [1.82, 2.24) is 24.7 Å². The quantitative estimate of drug-likeness (QED) is 0.703. The summed E-state index contributed by atoms with van der Waals surface area (Å²) in [5, 5.41) is 3.05. The molecule has 172 valence electrons. The minimum Gasteiger partial charge on any atom is -0.352 e. The summed E-state index contributed by atoms with van der Waals surface area (Å²) in [7, 11) is 0. The van der Waals surface area contributed by atoms with Crippen LogP contribution in [-0.4, -0.2) is 69.9 Å². The van der Waals surface area contributed by atoms with Gasteiger partial charge in [-0.05, 0) is 69.9 Å². The van der Waals surface area contributed by atoms with Crippen LogP contribution in [0.5, 0.6) is 0 Å². The number of hydrogen-bond donors (Lipinski definition) is 1. The van der Waals surface area contributed by atoms with E-state index in [0.29, 0.717) is 24.0 Å². The molecule has 1 aliphatic carbocycles. The van der Waals surface area contributed by atoms with Gasteiger partial charge in [0.15, 0.2) is 5.82 Å². The molecule has 3 aliphatic rings. The van der Waals surface area contributed by atoms with E-state index in [0.717, 1.165) is 49.9 Å². The Hall–Kier alpha value is -2.41. The van der Waals surface area contributed by atoms with E-state index in [1.165, 1.54) is 51.6 Å². The Morgan fingerprint density at radius 3 is 2.59 bits per heavy atom. The molecule has 0 atom stereocenters. The average molecular weight is 438 g/mol. The Morgan fingerprint density at radius 1 is 1.00 bits per heavy atom. The van der Waals surface area contributed by atoms with Crippen LogP contribution in [0.4, 0.5) is 0 Å². The lowest BCUT2D eigenvalue weighted by atomic mass is 9.94. The summed E-state index contributed by atoms with van der Waals surface area (Å²) in [6, 6.07) is 5.99. The number of rotatable bonds is 6. The molecule has 1 aromatic heterocycles. The van der Waals surface area contributed by atoms with Gasteiger partial charge in [-0.25, -0.2) is 4.98 Å². The molecule has 1 N–H and O–H groups in total. The molecule has 3 heterocycles. The van der Waals surface area contributed by atoms with Crippen LogP contribution < -0.4 is 5.32 Å². The predicted molar refractivity (Wildman–Crippen MR) is 125 cm³/mol. The number of nitrogens with one attached hydrogen (secondary N) is 1. The molecule has 5 rings (SSSR count). The summed E-state index contributed by atoms with van der Waals surface area (Å²) >= 11 is 0. The third-order valence-corrected chi connectivity index (χ3v) is 7.43. The van der Waals surface area contributed by atoms with Gasteiger partial charge >= 0.3 is 0 Å². The lowest BCUT2D eigenvalue weighted by molar-refractivity contribution is 0.0566. The van der Waals surface area contributed by atoms with Gasteiger partial charge in [0, 0.05) is 31.2 Å². The van der Waals surface area contributed by atoms with E-state index in [-0.39, 0.29) is 11.8 Å². The molecule has 2 amide bonds. The standard InChI is InChI=1S/C25H35N5O2/c31-24(26-12-7-15-28-13-5-2-6-14-28)19-10-11-22-21(18-19)27-23-25(32)29(16-17-30(22)23)20-8-3-1-4-9-20/h10-11,18,20H,1-9,12-17H2,(H,26,31). The highest BCUT2D eigenvalue weighted by Gasteiger charge is 2.33. The molecular formula is C25H35N5O2. The van der Waals surface area contributed by atoms with Crippen LogP contribution in [0.2, 0.25) is 0 Å². The molecule has 7 nitrogen and oxygen atoms in total. The van der Waals surface area contributed by atoms with Crippen molar-refractivity contribution in [3.05, 3.63) is 29.6 Å². The lowest BCUT2D eigenvalue weighted by Gasteiger charge is -2.36. The fourth-order valence-electron chi connectivity index (χ4n) is 5.63. The van der Waals surface area contributed by atoms with Crippen molar-refractivity contribution >= 4 is 22.8 Å². The Kier molecular flexibility index (Phi) is 6.44. The minimum atomic E-state index is -0.0633. The number of carbonyl (C=O) groups excluding carboxylic acids is 2. The molecule has 1 saturated carbocycles. The zero-order valence-corrected chi connectivity index (χ0v) is 19.0. The van der Waals surface area contributed by atoms with Gasteiger partial charge in [-0.1, -0.05) is 25.7 Å². The second-order valence-electron chi connectivity index (χ2n) is 9.59. The Labute approximate surface area is 190 Å². The van der Waals surface area contributed by atoms with E-state index in [2.05, 4.69) is 15.2 Å². The van der Waals surface area contributed by atoms with Crippen LogP contribution in [0.1, 0.15) is 78.8 Å². The predicted octanol–water partition coefficient (Wildman–Crippen LogP) is 3.43. The maximum absolute atomic E-state index is 13.2. The maximum atomic E-state index is 13.2. The van der Waals surface area contributed by atoms with Gasteiger partial charge in [-0.15, -0.1) is 0 Å². The molecule has 1 saturated heterocycles. The summed E-state index contributed by atoms with van der Waals surface area (Å²) in [6.07, 6.45) is 10.8. The third kappa shape index (κ3) is 4.40. The monoisotopic (exact) mass is 437 g/mol. The first-order valence-corrected chi connectivity index (χ1v) is 12.5. The molecule has 0 radical (unpaired) electrons. The highest BCUT2D eigenvalue weighted by atomic mass is 16.2. The van der Waals surface area contributed by atoms with Crippen LogP contribution in [0, 0.1) is 0 Å². The van der Waals surface area contributed by atoms with Crippen LogP contribution >= 0.6 is 0 Å². The number of fused-ring (bicyclic) bond motifs is 3. The highest BCUT2D eigenvalue weighted by Crippen LogP contribution is 2.28. The van der Waals surface area contributed by atoms with E-state index in [1.807, 2.05) is 27.7 Å². The second kappa shape index (κ2) is 9.61. The van der Waals surface area contributed by atoms with E-state index < -0.39 is 0 Å². The molecule has 7 heteroatoms. The first-order valence-electron chi connectivity index (χ1n) is 12.5. The molecule has 0 bridgehead atoms. The number of amides is 2. The van der Waals surface area contributed by atoms with Crippen molar-refractivity contribution in [1.29, 1.82) is 0 Å². The smallest absolute Gasteiger partial charge is 0.290 e. The van der Waals surface area contributed by atoms with Crippen molar-refractivity contribution in [2.75, 3.05) is 32.7 Å². The largest absolute Gasteiger partial charge is 0.352 e. The van der Waals surface area contributed by atoms with E-state index in [9.17, 15) is 9.59 Å². The fourth-order valence-corrected chi connectivity index (χ4v) is 5.63. The molecule has 2 aromatic rings. The molecule has 0 unspecified atom stereocenters. The van der Waals surface area contributed by atoms with Gasteiger partial charge in [0.2, 0.25) is 0 Å². The number of benzene rings is 1. The van der Waals surface area contributed by atoms with Crippen LogP contribution in [0.3, 0.4) is 0 Å². The Balaban J connectivity index is 1.23. The average Bonchev–Trinajstić information content (AvgIpc) is 3.22. The molecule has 2 aliphatic heterocycles. The van der Waals surface area contributed by atoms with Gasteiger partial charge in [0.25, 0.3) is 11.8 Å². The number of piperidine rings is 1. The molecule has 1 aromatic carbocycles. The first kappa shape index (κ1) is 21.4. The van der Waals surface area contributed by atoms with Crippen molar-refractivity contribution in [2.45, 2.75) is 70.4 Å². The van der Waals surface area contributed by atoms with Crippen molar-refractivity contribution in [3.8, 4) is 0 Å². The molecule has 32 heavy (non-hydrogen) atoms. The van der Waals surface area contributed by atoms with Crippen LogP contribution in [-0.2, 0) is 6.54 Å². The minimum absolute atomic E-state index is 0.0445. The second-order valence-corrected chi connectivity index (χ2v) is 9.59. The van der Waals surface area contributed by atoms with E-state index in [4.69, 9.17) is 0 Å². The van der Waals surface area contributed by atoms with Crippen molar-refractivity contribution in [2.24, 2.45) is 0 Å². The summed E-state index contributed by atoms with van der Waals surface area (Å²) in [5.74, 6) is 0.505. The summed E-state index contributed by atoms with van der Waals surface area (Å²) in [5.41, 5.74) is 2.29. The van der Waals surface area contributed by atoms with Gasteiger partial charge in [-0.3, -0.25) is 9.59 Å². The Bertz CT molecular complexity index is 972. The number of aromatic nitrogens is 2. The third-order valence-electron chi connectivity index (χ3n) is 7.43. The number of imidazole rings is 1. The number of likely N-dealkylation sites (tertiary alicyclic amines) is 1. The van der Waals surface area contributed by atoms with Gasteiger partial charge in [0.05, 0.1) is 11.0 Å². The SMILES string of the molecule is O=C(NCCCN1CCCCC1)c1ccc2c(c1)nc1n2CCN(C2CCCCC2)C1=O. The van der Waals surface area contributed by atoms with Gasteiger partial charge in [0.1, 0.15) is 0 Å². The maximum Gasteiger partial charge on any atom is 0.290 e. The number of hydrogen-bond acceptors (Lipinski definition) is 4. The molecule has 2 fully saturated rings. The van der Waals surface area contributed by atoms with Gasteiger partial charge < -0.3 is 19.7 Å². The topological polar surface area (TPSA) is 70.5 Å². The number of carbonyl (C=O) groups is 2. The van der Waals surface area contributed by atoms with E-state index in [1.54, 1.807) is 0 Å². The highest BCUT2D eigenvalue weighted by molar-refractivity contribution is 6.00. The zero-order valence-electron chi connectivity index (χ0n) is 19.0. The Morgan fingerprint density at radius 2 is 1.78 bits per heavy atom. The van der Waals surface area contributed by atoms with Crippen LogP contribution in [0.15, 0.2) is 18.2 Å². The molecular weight excluding hydrogens is 402 g/mol. The zero-order chi connectivity index (χ0) is 21.9. The summed E-state index contributed by atoms with van der Waals surface area (Å²) in [4.78, 5) is 35.0. The van der Waals surface area contributed by atoms with Crippen molar-refractivity contribution in [3.63, 3.8) is 0 Å². The lowest BCUT2D eigenvalue weighted by Crippen LogP contribution is -2.47. The molecule has 0 spiro atoms. The van der Waals surface area contributed by atoms with E-state index >= 15 is 0 Å². The van der Waals surface area contributed by atoms with Crippen LogP contribution in [0.25, 0.3) is 11.0 Å². The first-order chi connectivity index (χ1) is 15.7. The number of nitrogens with zero attached hydrogens (tertiary/aromatic N) is 4.